The molecule has 11 nitrogen and oxygen atoms in total. The lowest BCUT2D eigenvalue weighted by Gasteiger charge is -2.13. The van der Waals surface area contributed by atoms with Gasteiger partial charge in [-0.2, -0.15) is 0 Å². The van der Waals surface area contributed by atoms with Crippen LogP contribution in [0.1, 0.15) is 55.3 Å². The molecular formula is C23H25N3O8. The number of imide groups is 1. The summed E-state index contributed by atoms with van der Waals surface area (Å²) in [6.45, 7) is 4.19. The molecule has 11 heteroatoms. The number of carbonyl (C=O) groups excluding carboxylic acids is 4. The third kappa shape index (κ3) is 4.88. The topological polar surface area (TPSA) is 138 Å². The zero-order chi connectivity index (χ0) is 25.0. The quantitative estimate of drug-likeness (QED) is 0.122. The van der Waals surface area contributed by atoms with E-state index in [1.54, 1.807) is 13.2 Å². The number of methoxy groups -OCH3 is 1. The molecule has 0 saturated heterocycles. The van der Waals surface area contributed by atoms with Crippen molar-refractivity contribution >= 4 is 29.3 Å². The maximum absolute atomic E-state index is 12.6. The molecule has 180 valence electrons. The number of esters is 1. The van der Waals surface area contributed by atoms with E-state index < -0.39 is 35.0 Å². The number of nitrogens with zero attached hydrogens (tertiary/aromatic N) is 3. The first kappa shape index (κ1) is 24.8. The Kier molecular flexibility index (Phi) is 7.57. The Bertz CT molecular complexity index is 1170. The molecule has 34 heavy (non-hydrogen) atoms. The molecule has 3 rings (SSSR count). The van der Waals surface area contributed by atoms with Crippen molar-refractivity contribution in [3.05, 3.63) is 62.5 Å². The zero-order valence-corrected chi connectivity index (χ0v) is 19.2. The summed E-state index contributed by atoms with van der Waals surface area (Å²) in [4.78, 5) is 61.0. The highest BCUT2D eigenvalue weighted by molar-refractivity contribution is 6.23. The molecule has 1 aromatic carbocycles. The van der Waals surface area contributed by atoms with Gasteiger partial charge in [0.25, 0.3) is 17.5 Å². The molecule has 0 radical (unpaired) electrons. The van der Waals surface area contributed by atoms with Gasteiger partial charge in [-0.3, -0.25) is 34.2 Å². The van der Waals surface area contributed by atoms with Crippen LogP contribution in [0.25, 0.3) is 0 Å². The number of hydrogen-bond acceptors (Lipinski definition) is 8. The van der Waals surface area contributed by atoms with Gasteiger partial charge in [0.15, 0.2) is 6.61 Å². The van der Waals surface area contributed by atoms with Crippen LogP contribution in [-0.4, -0.2) is 64.8 Å². The van der Waals surface area contributed by atoms with E-state index in [2.05, 4.69) is 0 Å². The summed E-state index contributed by atoms with van der Waals surface area (Å²) in [7, 11) is 1.62. The van der Waals surface area contributed by atoms with Crippen LogP contribution in [0.5, 0.6) is 0 Å². The third-order valence-corrected chi connectivity index (χ3v) is 5.68. The molecule has 0 spiro atoms. The smallest absolute Gasteiger partial charge is 0.308 e. The first-order valence-corrected chi connectivity index (χ1v) is 10.7. The number of aryl methyl sites for hydroxylation is 1. The minimum Gasteiger partial charge on any atom is -0.457 e. The van der Waals surface area contributed by atoms with Crippen molar-refractivity contribution < 1.29 is 33.6 Å². The molecule has 2 aromatic rings. The molecule has 0 saturated carbocycles. The largest absolute Gasteiger partial charge is 0.457 e. The monoisotopic (exact) mass is 471 g/mol. The normalized spacial score (nSPS) is 12.7. The summed E-state index contributed by atoms with van der Waals surface area (Å²) in [6.07, 6.45) is 0.443. The average Bonchev–Trinajstić information content (AvgIpc) is 3.23. The van der Waals surface area contributed by atoms with Gasteiger partial charge in [-0.25, -0.2) is 0 Å². The van der Waals surface area contributed by atoms with E-state index in [0.717, 1.165) is 28.8 Å². The van der Waals surface area contributed by atoms with Gasteiger partial charge < -0.3 is 14.0 Å². The predicted octanol–water partition coefficient (Wildman–Crippen LogP) is 2.46. The number of fused-ring (bicyclic) bond motifs is 1. The maximum atomic E-state index is 12.6. The molecular weight excluding hydrogens is 446 g/mol. The molecule has 1 aromatic heterocycles. The van der Waals surface area contributed by atoms with Crippen LogP contribution in [0.4, 0.5) is 5.69 Å². The molecule has 1 aliphatic heterocycles. The number of carbonyl (C=O) groups is 4. The van der Waals surface area contributed by atoms with E-state index in [0.29, 0.717) is 18.7 Å². The van der Waals surface area contributed by atoms with Crippen LogP contribution in [0.15, 0.2) is 24.3 Å². The number of rotatable bonds is 11. The number of ketones is 1. The molecule has 0 aliphatic carbocycles. The summed E-state index contributed by atoms with van der Waals surface area (Å²) < 4.78 is 12.1. The number of ether oxygens (including phenoxy) is 2. The van der Waals surface area contributed by atoms with Crippen LogP contribution in [0, 0.1) is 24.0 Å². The van der Waals surface area contributed by atoms with Gasteiger partial charge in [-0.15, -0.1) is 0 Å². The fraction of sp³-hybridized carbons (Fsp3) is 0.391. The lowest BCUT2D eigenvalue weighted by molar-refractivity contribution is -0.385. The Morgan fingerprint density at radius 3 is 2.53 bits per heavy atom. The van der Waals surface area contributed by atoms with Gasteiger partial charge in [-0.05, 0) is 32.4 Å². The van der Waals surface area contributed by atoms with Gasteiger partial charge in [-0.1, -0.05) is 6.07 Å². The number of amides is 2. The number of nitro benzene ring substituents is 1. The summed E-state index contributed by atoms with van der Waals surface area (Å²) in [5.41, 5.74) is 1.29. The number of hydrogen-bond donors (Lipinski definition) is 0. The highest BCUT2D eigenvalue weighted by Gasteiger charge is 2.40. The standard InChI is InChI=1S/C23H25N3O8/c1-14-12-17(15(2)24(14)9-5-11-33-3)19(27)13-34-20(28)8-10-25-22(29)16-6-4-7-18(26(31)32)21(16)23(25)30/h4,6-7,12H,5,8-11,13H2,1-3H3. The first-order chi connectivity index (χ1) is 16.2. The molecule has 0 N–H and O–H groups in total. The van der Waals surface area contributed by atoms with Gasteiger partial charge in [0, 0.05) is 49.8 Å². The fourth-order valence-electron chi connectivity index (χ4n) is 3.96. The SMILES string of the molecule is COCCCn1c(C)cc(C(=O)COC(=O)CCN2C(=O)c3cccc([N+](=O)[O-])c3C2=O)c1C. The summed E-state index contributed by atoms with van der Waals surface area (Å²) in [6, 6.07) is 5.53. The Hall–Kier alpha value is -3.86. The number of Topliss-reactive ketones (excluding diaryl/α,β-unsaturated/α-hetero) is 1. The molecule has 0 unspecified atom stereocenters. The maximum Gasteiger partial charge on any atom is 0.308 e. The van der Waals surface area contributed by atoms with Crippen LogP contribution >= 0.6 is 0 Å². The number of aromatic nitrogens is 1. The lowest BCUT2D eigenvalue weighted by atomic mass is 10.1. The summed E-state index contributed by atoms with van der Waals surface area (Å²) >= 11 is 0. The van der Waals surface area contributed by atoms with Gasteiger partial charge in [0.2, 0.25) is 5.78 Å². The molecule has 0 fully saturated rings. The highest BCUT2D eigenvalue weighted by Crippen LogP contribution is 2.30. The van der Waals surface area contributed by atoms with Crippen molar-refractivity contribution in [1.82, 2.24) is 9.47 Å². The second kappa shape index (κ2) is 10.4. The summed E-state index contributed by atoms with van der Waals surface area (Å²) in [5.74, 6) is -2.69. The Labute approximate surface area is 195 Å². The van der Waals surface area contributed by atoms with Crippen molar-refractivity contribution in [3.8, 4) is 0 Å². The first-order valence-electron chi connectivity index (χ1n) is 10.7. The Balaban J connectivity index is 1.56. The second-order valence-electron chi connectivity index (χ2n) is 7.84. The highest BCUT2D eigenvalue weighted by atomic mass is 16.6. The van der Waals surface area contributed by atoms with E-state index >= 15 is 0 Å². The van der Waals surface area contributed by atoms with Crippen LogP contribution in [-0.2, 0) is 20.8 Å². The molecule has 0 atom stereocenters. The minimum atomic E-state index is -0.836. The molecule has 2 amide bonds. The van der Waals surface area contributed by atoms with E-state index in [1.165, 1.54) is 12.1 Å². The van der Waals surface area contributed by atoms with E-state index in [-0.39, 0.29) is 29.9 Å². The predicted molar refractivity (Wildman–Crippen MR) is 119 cm³/mol. The van der Waals surface area contributed by atoms with Crippen LogP contribution in [0.2, 0.25) is 0 Å². The van der Waals surface area contributed by atoms with Crippen molar-refractivity contribution in [3.63, 3.8) is 0 Å². The third-order valence-electron chi connectivity index (χ3n) is 5.68. The van der Waals surface area contributed by atoms with Gasteiger partial charge in [0.05, 0.1) is 16.9 Å². The Morgan fingerprint density at radius 2 is 1.85 bits per heavy atom. The Morgan fingerprint density at radius 1 is 1.12 bits per heavy atom. The van der Waals surface area contributed by atoms with E-state index in [4.69, 9.17) is 9.47 Å². The molecule has 2 heterocycles. The van der Waals surface area contributed by atoms with Crippen LogP contribution < -0.4 is 0 Å². The molecule has 1 aliphatic rings. The van der Waals surface area contributed by atoms with E-state index in [1.807, 2.05) is 18.4 Å². The summed E-state index contributed by atoms with van der Waals surface area (Å²) in [5, 5.41) is 11.2. The van der Waals surface area contributed by atoms with Gasteiger partial charge in [0.1, 0.15) is 5.56 Å². The minimum absolute atomic E-state index is 0.0800. The average molecular weight is 471 g/mol. The molecule has 0 bridgehead atoms. The fourth-order valence-corrected chi connectivity index (χ4v) is 3.96. The second-order valence-corrected chi connectivity index (χ2v) is 7.84. The zero-order valence-electron chi connectivity index (χ0n) is 19.2. The van der Waals surface area contributed by atoms with Crippen LogP contribution in [0.3, 0.4) is 0 Å². The van der Waals surface area contributed by atoms with E-state index in [9.17, 15) is 29.3 Å². The van der Waals surface area contributed by atoms with Crippen molar-refractivity contribution in [2.45, 2.75) is 33.2 Å². The lowest BCUT2D eigenvalue weighted by Crippen LogP contribution is -2.32. The number of nitro groups is 1. The number of benzene rings is 1. The van der Waals surface area contributed by atoms with Gasteiger partial charge >= 0.3 is 5.97 Å². The van der Waals surface area contributed by atoms with Crippen molar-refractivity contribution in [2.24, 2.45) is 0 Å². The van der Waals surface area contributed by atoms with Crippen molar-refractivity contribution in [2.75, 3.05) is 26.9 Å². The van der Waals surface area contributed by atoms with Crippen molar-refractivity contribution in [1.29, 1.82) is 0 Å².